The second-order valence-corrected chi connectivity index (χ2v) is 7.38. The van der Waals surface area contributed by atoms with Crippen LogP contribution in [0.5, 0.6) is 5.75 Å². The molecular formula is C15H14N2O2S3. The molecule has 0 aliphatic carbocycles. The predicted octanol–water partition coefficient (Wildman–Crippen LogP) is 3.45. The van der Waals surface area contributed by atoms with Gasteiger partial charge in [-0.15, -0.1) is 6.58 Å². The molecule has 0 spiro atoms. The quantitative estimate of drug-likeness (QED) is 0.472. The maximum Gasteiger partial charge on any atom is 0.269 e. The number of rotatable bonds is 3. The Labute approximate surface area is 143 Å². The molecule has 0 saturated carbocycles. The van der Waals surface area contributed by atoms with Crippen LogP contribution in [0.2, 0.25) is 0 Å². The smallest absolute Gasteiger partial charge is 0.269 e. The summed E-state index contributed by atoms with van der Waals surface area (Å²) in [7, 11) is 3.60. The van der Waals surface area contributed by atoms with E-state index in [-0.39, 0.29) is 5.91 Å². The third kappa shape index (κ3) is 2.43. The summed E-state index contributed by atoms with van der Waals surface area (Å²) >= 11 is 8.23. The van der Waals surface area contributed by atoms with Gasteiger partial charge < -0.3 is 9.64 Å². The van der Waals surface area contributed by atoms with E-state index in [2.05, 4.69) is 6.58 Å². The number of nitrogens with zero attached hydrogens (tertiary/aromatic N) is 2. The number of thiocarbonyl (C=S) groups is 1. The lowest BCUT2D eigenvalue weighted by atomic mass is 10.3. The Morgan fingerprint density at radius 3 is 2.86 bits per heavy atom. The van der Waals surface area contributed by atoms with Gasteiger partial charge in [0.1, 0.15) is 15.0 Å². The standard InChI is InChI=1S/C15H14N2O2S3/c1-4-7-17-13(18)12(22-15(17)20)14-16(2)10-8-9(19-3)5-6-11(10)21-14/h4-6,8H,1,7H2,2-3H3/b14-12-. The first-order valence-electron chi connectivity index (χ1n) is 6.55. The summed E-state index contributed by atoms with van der Waals surface area (Å²) in [5.74, 6) is 0.746. The number of amides is 1. The van der Waals surface area contributed by atoms with Crippen molar-refractivity contribution in [2.75, 3.05) is 25.6 Å². The van der Waals surface area contributed by atoms with Crippen molar-refractivity contribution < 1.29 is 9.53 Å². The summed E-state index contributed by atoms with van der Waals surface area (Å²) in [6, 6.07) is 5.90. The maximum atomic E-state index is 12.6. The van der Waals surface area contributed by atoms with Crippen molar-refractivity contribution in [2.24, 2.45) is 0 Å². The van der Waals surface area contributed by atoms with Gasteiger partial charge in [-0.3, -0.25) is 9.69 Å². The third-order valence-electron chi connectivity index (χ3n) is 3.39. The van der Waals surface area contributed by atoms with Crippen molar-refractivity contribution in [2.45, 2.75) is 4.90 Å². The summed E-state index contributed by atoms with van der Waals surface area (Å²) in [6.45, 7) is 4.11. The molecule has 3 rings (SSSR count). The summed E-state index contributed by atoms with van der Waals surface area (Å²) in [5.41, 5.74) is 1.04. The molecule has 0 N–H and O–H groups in total. The Bertz CT molecular complexity index is 715. The number of hydrogen-bond acceptors (Lipinski definition) is 6. The lowest BCUT2D eigenvalue weighted by Gasteiger charge is -2.15. The Kier molecular flexibility index (Phi) is 4.20. The summed E-state index contributed by atoms with van der Waals surface area (Å²) < 4.78 is 5.85. The zero-order chi connectivity index (χ0) is 15.9. The molecular weight excluding hydrogens is 336 g/mol. The van der Waals surface area contributed by atoms with Gasteiger partial charge in [0, 0.05) is 24.6 Å². The van der Waals surface area contributed by atoms with Gasteiger partial charge in [-0.25, -0.2) is 0 Å². The average Bonchev–Trinajstić information content (AvgIpc) is 2.99. The molecule has 0 radical (unpaired) electrons. The molecule has 1 saturated heterocycles. The van der Waals surface area contributed by atoms with Gasteiger partial charge in [-0.2, -0.15) is 0 Å². The van der Waals surface area contributed by atoms with Gasteiger partial charge in [0.15, 0.2) is 0 Å². The van der Waals surface area contributed by atoms with E-state index in [0.717, 1.165) is 21.4 Å². The zero-order valence-corrected chi connectivity index (χ0v) is 14.6. The van der Waals surface area contributed by atoms with Crippen LogP contribution in [0.15, 0.2) is 45.7 Å². The highest BCUT2D eigenvalue weighted by Gasteiger charge is 2.37. The zero-order valence-electron chi connectivity index (χ0n) is 12.2. The van der Waals surface area contributed by atoms with Crippen LogP contribution >= 0.6 is 35.7 Å². The Morgan fingerprint density at radius 2 is 2.18 bits per heavy atom. The molecule has 2 heterocycles. The first-order valence-corrected chi connectivity index (χ1v) is 8.59. The SMILES string of the molecule is C=CCN1C(=O)/C(=C2/Sc3ccc(OC)cc3N2C)SC1=S. The molecule has 4 nitrogen and oxygen atoms in total. The fraction of sp³-hybridized carbons (Fsp3) is 0.200. The third-order valence-corrected chi connectivity index (χ3v) is 6.20. The highest BCUT2D eigenvalue weighted by Crippen LogP contribution is 2.50. The number of carbonyl (C=O) groups excluding carboxylic acids is 1. The Balaban J connectivity index is 1.99. The van der Waals surface area contributed by atoms with E-state index in [1.807, 2.05) is 30.1 Å². The lowest BCUT2D eigenvalue weighted by molar-refractivity contribution is -0.121. The van der Waals surface area contributed by atoms with Crippen molar-refractivity contribution >= 4 is 51.7 Å². The van der Waals surface area contributed by atoms with Gasteiger partial charge in [0.05, 0.1) is 17.8 Å². The molecule has 0 atom stereocenters. The van der Waals surface area contributed by atoms with E-state index < -0.39 is 0 Å². The molecule has 0 bridgehead atoms. The topological polar surface area (TPSA) is 32.8 Å². The molecule has 0 aromatic heterocycles. The molecule has 114 valence electrons. The molecule has 1 amide bonds. The van der Waals surface area contributed by atoms with Gasteiger partial charge >= 0.3 is 0 Å². The van der Waals surface area contributed by atoms with Crippen molar-refractivity contribution in [3.63, 3.8) is 0 Å². The fourth-order valence-corrected chi connectivity index (χ4v) is 4.85. The molecule has 1 aromatic rings. The number of methoxy groups -OCH3 is 1. The van der Waals surface area contributed by atoms with E-state index in [4.69, 9.17) is 17.0 Å². The number of hydrogen-bond donors (Lipinski definition) is 0. The van der Waals surface area contributed by atoms with Crippen LogP contribution < -0.4 is 9.64 Å². The van der Waals surface area contributed by atoms with E-state index in [0.29, 0.717) is 15.8 Å². The van der Waals surface area contributed by atoms with Crippen LogP contribution in [0.3, 0.4) is 0 Å². The summed E-state index contributed by atoms with van der Waals surface area (Å²) in [6.07, 6.45) is 1.68. The monoisotopic (exact) mass is 350 g/mol. The van der Waals surface area contributed by atoms with E-state index >= 15 is 0 Å². The van der Waals surface area contributed by atoms with Crippen LogP contribution in [0, 0.1) is 0 Å². The molecule has 1 aromatic carbocycles. The minimum Gasteiger partial charge on any atom is -0.497 e. The molecule has 22 heavy (non-hydrogen) atoms. The normalized spacial score (nSPS) is 20.6. The Hall–Kier alpha value is -1.44. The minimum absolute atomic E-state index is 0.0518. The minimum atomic E-state index is -0.0518. The number of benzene rings is 1. The van der Waals surface area contributed by atoms with Gasteiger partial charge in [-0.05, 0) is 12.1 Å². The summed E-state index contributed by atoms with van der Waals surface area (Å²) in [5, 5.41) is 0.909. The number of ether oxygens (including phenoxy) is 1. The second-order valence-electron chi connectivity index (χ2n) is 4.70. The molecule has 0 unspecified atom stereocenters. The maximum absolute atomic E-state index is 12.6. The van der Waals surface area contributed by atoms with Crippen molar-refractivity contribution in [1.29, 1.82) is 0 Å². The molecule has 1 fully saturated rings. The van der Waals surface area contributed by atoms with Gasteiger partial charge in [0.2, 0.25) is 0 Å². The van der Waals surface area contributed by atoms with Gasteiger partial charge in [0.25, 0.3) is 5.91 Å². The van der Waals surface area contributed by atoms with Crippen molar-refractivity contribution in [1.82, 2.24) is 4.90 Å². The van der Waals surface area contributed by atoms with Crippen LogP contribution in [0.1, 0.15) is 0 Å². The summed E-state index contributed by atoms with van der Waals surface area (Å²) in [4.78, 5) is 17.9. The van der Waals surface area contributed by atoms with Crippen LogP contribution in [0.25, 0.3) is 0 Å². The fourth-order valence-electron chi connectivity index (χ4n) is 2.27. The number of carbonyl (C=O) groups is 1. The highest BCUT2D eigenvalue weighted by molar-refractivity contribution is 8.27. The van der Waals surface area contributed by atoms with E-state index in [9.17, 15) is 4.79 Å². The number of fused-ring (bicyclic) bond motifs is 1. The predicted molar refractivity (Wildman–Crippen MR) is 96.4 cm³/mol. The first kappa shape index (κ1) is 15.5. The first-order chi connectivity index (χ1) is 10.6. The van der Waals surface area contributed by atoms with Gasteiger partial charge in [-0.1, -0.05) is 41.8 Å². The van der Waals surface area contributed by atoms with Crippen LogP contribution in [-0.2, 0) is 4.79 Å². The van der Waals surface area contributed by atoms with E-state index in [1.165, 1.54) is 11.8 Å². The molecule has 2 aliphatic heterocycles. The number of anilines is 1. The van der Waals surface area contributed by atoms with Crippen molar-refractivity contribution in [3.05, 3.63) is 40.8 Å². The lowest BCUT2D eigenvalue weighted by Crippen LogP contribution is -2.28. The largest absolute Gasteiger partial charge is 0.497 e. The van der Waals surface area contributed by atoms with Crippen molar-refractivity contribution in [3.8, 4) is 5.75 Å². The second kappa shape index (κ2) is 5.98. The number of thioether (sulfide) groups is 2. The van der Waals surface area contributed by atoms with Crippen LogP contribution in [0.4, 0.5) is 5.69 Å². The van der Waals surface area contributed by atoms with Crippen LogP contribution in [-0.4, -0.2) is 35.8 Å². The highest BCUT2D eigenvalue weighted by atomic mass is 32.2. The molecule has 7 heteroatoms. The average molecular weight is 350 g/mol. The Morgan fingerprint density at radius 1 is 1.41 bits per heavy atom. The molecule has 2 aliphatic rings. The van der Waals surface area contributed by atoms with E-state index in [1.54, 1.807) is 29.8 Å².